The van der Waals surface area contributed by atoms with Crippen LogP contribution in [0.3, 0.4) is 0 Å². The average Bonchev–Trinajstić information content (AvgIpc) is 2.46. The number of carbonyl (C=O) groups is 1. The molecule has 4 heteroatoms. The average molecular weight is 298 g/mol. The second-order valence-electron chi connectivity index (χ2n) is 6.21. The number of hydrogen-bond acceptors (Lipinski definition) is 3. The van der Waals surface area contributed by atoms with Gasteiger partial charge in [-0.2, -0.15) is 0 Å². The number of amides is 1. The molecule has 0 aliphatic carbocycles. The van der Waals surface area contributed by atoms with Gasteiger partial charge in [-0.3, -0.25) is 4.79 Å². The number of nitrogen functional groups attached to an aromatic ring is 1. The fourth-order valence-corrected chi connectivity index (χ4v) is 2.32. The fraction of sp³-hybridized carbons (Fsp3) is 0.278. The molecule has 0 radical (unpaired) electrons. The largest absolute Gasteiger partial charge is 0.495 e. The number of nitrogens with one attached hydrogen (secondary N) is 1. The van der Waals surface area contributed by atoms with Crippen molar-refractivity contribution in [1.29, 1.82) is 0 Å². The van der Waals surface area contributed by atoms with E-state index in [4.69, 9.17) is 10.5 Å². The molecule has 116 valence electrons. The monoisotopic (exact) mass is 298 g/mol. The molecule has 0 aliphatic rings. The standard InChI is InChI=1S/C18H22N2O2/c1-18(2,3)13-7-5-6-8-15(13)20-17(21)12-9-10-16(22-4)14(19)11-12/h5-11H,19H2,1-4H3,(H,20,21). The quantitative estimate of drug-likeness (QED) is 0.846. The molecule has 1 amide bonds. The third-order valence-corrected chi connectivity index (χ3v) is 3.48. The molecule has 0 heterocycles. The second-order valence-corrected chi connectivity index (χ2v) is 6.21. The molecule has 0 spiro atoms. The van der Waals surface area contributed by atoms with Gasteiger partial charge in [-0.15, -0.1) is 0 Å². The third-order valence-electron chi connectivity index (χ3n) is 3.48. The van der Waals surface area contributed by atoms with E-state index < -0.39 is 0 Å². The minimum Gasteiger partial charge on any atom is -0.495 e. The third kappa shape index (κ3) is 3.39. The minimum absolute atomic E-state index is 0.0528. The van der Waals surface area contributed by atoms with E-state index >= 15 is 0 Å². The summed E-state index contributed by atoms with van der Waals surface area (Å²) in [6.07, 6.45) is 0. The predicted molar refractivity (Wildman–Crippen MR) is 90.5 cm³/mol. The molecule has 0 atom stereocenters. The molecule has 0 bridgehead atoms. The van der Waals surface area contributed by atoms with Crippen LogP contribution in [-0.2, 0) is 5.41 Å². The van der Waals surface area contributed by atoms with E-state index in [0.717, 1.165) is 11.3 Å². The van der Waals surface area contributed by atoms with Crippen LogP contribution in [0.2, 0.25) is 0 Å². The summed E-state index contributed by atoms with van der Waals surface area (Å²) >= 11 is 0. The summed E-state index contributed by atoms with van der Waals surface area (Å²) in [5.74, 6) is 0.373. The second kappa shape index (κ2) is 6.10. The van der Waals surface area contributed by atoms with Crippen molar-refractivity contribution >= 4 is 17.3 Å². The predicted octanol–water partition coefficient (Wildman–Crippen LogP) is 3.83. The van der Waals surface area contributed by atoms with Gasteiger partial charge in [0.25, 0.3) is 5.91 Å². The van der Waals surface area contributed by atoms with Crippen LogP contribution in [0, 0.1) is 0 Å². The molecular weight excluding hydrogens is 276 g/mol. The molecule has 0 aromatic heterocycles. The van der Waals surface area contributed by atoms with Crippen molar-refractivity contribution in [2.45, 2.75) is 26.2 Å². The van der Waals surface area contributed by atoms with E-state index in [1.165, 1.54) is 0 Å². The molecule has 0 unspecified atom stereocenters. The molecule has 0 fully saturated rings. The molecule has 2 aromatic carbocycles. The van der Waals surface area contributed by atoms with Crippen LogP contribution in [0.4, 0.5) is 11.4 Å². The number of ether oxygens (including phenoxy) is 1. The number of para-hydroxylation sites is 1. The Hall–Kier alpha value is -2.49. The van der Waals surface area contributed by atoms with Gasteiger partial charge in [0.2, 0.25) is 0 Å². The first-order chi connectivity index (χ1) is 10.3. The molecule has 4 nitrogen and oxygen atoms in total. The Balaban J connectivity index is 2.28. The van der Waals surface area contributed by atoms with E-state index in [0.29, 0.717) is 17.0 Å². The van der Waals surface area contributed by atoms with Gasteiger partial charge in [0.15, 0.2) is 0 Å². The van der Waals surface area contributed by atoms with E-state index in [1.807, 2.05) is 24.3 Å². The Kier molecular flexibility index (Phi) is 4.40. The summed E-state index contributed by atoms with van der Waals surface area (Å²) in [6.45, 7) is 6.34. The van der Waals surface area contributed by atoms with E-state index in [1.54, 1.807) is 25.3 Å². The highest BCUT2D eigenvalue weighted by Gasteiger charge is 2.19. The number of anilines is 2. The van der Waals surface area contributed by atoms with Crippen molar-refractivity contribution in [2.75, 3.05) is 18.2 Å². The van der Waals surface area contributed by atoms with Crippen LogP contribution in [0.1, 0.15) is 36.7 Å². The summed E-state index contributed by atoms with van der Waals surface area (Å²) in [4.78, 5) is 12.4. The van der Waals surface area contributed by atoms with Gasteiger partial charge in [0, 0.05) is 11.3 Å². The summed E-state index contributed by atoms with van der Waals surface area (Å²) in [7, 11) is 1.55. The van der Waals surface area contributed by atoms with E-state index in [9.17, 15) is 4.79 Å². The molecule has 0 aliphatic heterocycles. The highest BCUT2D eigenvalue weighted by Crippen LogP contribution is 2.30. The number of nitrogens with two attached hydrogens (primary N) is 1. The van der Waals surface area contributed by atoms with Gasteiger partial charge >= 0.3 is 0 Å². The number of carbonyl (C=O) groups excluding carboxylic acids is 1. The van der Waals surface area contributed by atoms with Gasteiger partial charge < -0.3 is 15.8 Å². The van der Waals surface area contributed by atoms with Gasteiger partial charge in [-0.1, -0.05) is 39.0 Å². The Labute approximate surface area is 131 Å². The van der Waals surface area contributed by atoms with Gasteiger partial charge in [-0.25, -0.2) is 0 Å². The Morgan fingerprint density at radius 2 is 1.82 bits per heavy atom. The van der Waals surface area contributed by atoms with E-state index in [2.05, 4.69) is 26.1 Å². The lowest BCUT2D eigenvalue weighted by molar-refractivity contribution is 0.102. The normalized spacial score (nSPS) is 11.1. The zero-order valence-electron chi connectivity index (χ0n) is 13.4. The van der Waals surface area contributed by atoms with Crippen molar-refractivity contribution in [1.82, 2.24) is 0 Å². The maximum absolute atomic E-state index is 12.4. The lowest BCUT2D eigenvalue weighted by Crippen LogP contribution is -2.18. The zero-order chi connectivity index (χ0) is 16.3. The van der Waals surface area contributed by atoms with Crippen molar-refractivity contribution in [3.05, 3.63) is 53.6 Å². The Morgan fingerprint density at radius 3 is 2.41 bits per heavy atom. The van der Waals surface area contributed by atoms with Crippen molar-refractivity contribution < 1.29 is 9.53 Å². The maximum Gasteiger partial charge on any atom is 0.255 e. The number of methoxy groups -OCH3 is 1. The topological polar surface area (TPSA) is 64.3 Å². The first kappa shape index (κ1) is 15.9. The number of rotatable bonds is 3. The van der Waals surface area contributed by atoms with Gasteiger partial charge in [0.05, 0.1) is 12.8 Å². The highest BCUT2D eigenvalue weighted by atomic mass is 16.5. The van der Waals surface area contributed by atoms with Gasteiger partial charge in [-0.05, 0) is 35.2 Å². The van der Waals surface area contributed by atoms with E-state index in [-0.39, 0.29) is 11.3 Å². The van der Waals surface area contributed by atoms with Crippen LogP contribution in [-0.4, -0.2) is 13.0 Å². The molecule has 2 aromatic rings. The summed E-state index contributed by atoms with van der Waals surface area (Å²) < 4.78 is 5.11. The maximum atomic E-state index is 12.4. The summed E-state index contributed by atoms with van der Waals surface area (Å²) in [5, 5.41) is 2.96. The molecule has 22 heavy (non-hydrogen) atoms. The molecular formula is C18H22N2O2. The SMILES string of the molecule is COc1ccc(C(=O)Nc2ccccc2C(C)(C)C)cc1N. The first-order valence-corrected chi connectivity index (χ1v) is 7.17. The lowest BCUT2D eigenvalue weighted by Gasteiger charge is -2.23. The zero-order valence-corrected chi connectivity index (χ0v) is 13.4. The Bertz CT molecular complexity index is 688. The number of benzene rings is 2. The first-order valence-electron chi connectivity index (χ1n) is 7.17. The van der Waals surface area contributed by atoms with Crippen LogP contribution >= 0.6 is 0 Å². The summed E-state index contributed by atoms with van der Waals surface area (Å²) in [5.41, 5.74) is 8.65. The lowest BCUT2D eigenvalue weighted by atomic mass is 9.86. The number of hydrogen-bond donors (Lipinski definition) is 2. The molecule has 3 N–H and O–H groups in total. The molecule has 2 rings (SSSR count). The van der Waals surface area contributed by atoms with Crippen LogP contribution in [0.5, 0.6) is 5.75 Å². The van der Waals surface area contributed by atoms with Crippen molar-refractivity contribution in [3.63, 3.8) is 0 Å². The van der Waals surface area contributed by atoms with Crippen LogP contribution in [0.25, 0.3) is 0 Å². The van der Waals surface area contributed by atoms with Crippen LogP contribution < -0.4 is 15.8 Å². The summed E-state index contributed by atoms with van der Waals surface area (Å²) in [6, 6.07) is 12.8. The highest BCUT2D eigenvalue weighted by molar-refractivity contribution is 6.05. The van der Waals surface area contributed by atoms with Crippen molar-refractivity contribution in [3.8, 4) is 5.75 Å². The molecule has 0 saturated heterocycles. The van der Waals surface area contributed by atoms with Crippen LogP contribution in [0.15, 0.2) is 42.5 Å². The van der Waals surface area contributed by atoms with Gasteiger partial charge in [0.1, 0.15) is 5.75 Å². The smallest absolute Gasteiger partial charge is 0.255 e. The minimum atomic E-state index is -0.189. The fourth-order valence-electron chi connectivity index (χ4n) is 2.32. The molecule has 0 saturated carbocycles. The Morgan fingerprint density at radius 1 is 1.14 bits per heavy atom. The van der Waals surface area contributed by atoms with Crippen molar-refractivity contribution in [2.24, 2.45) is 0 Å².